The number of likely N-dealkylation sites (N-methyl/N-ethyl adjacent to an activating group) is 1. The van der Waals surface area contributed by atoms with Gasteiger partial charge in [0.1, 0.15) is 33.6 Å². The van der Waals surface area contributed by atoms with Crippen LogP contribution in [0.5, 0.6) is 5.75 Å². The van der Waals surface area contributed by atoms with Gasteiger partial charge in [-0.1, -0.05) is 24.3 Å². The maximum Gasteiger partial charge on any atom is 0.262 e. The van der Waals surface area contributed by atoms with Crippen LogP contribution in [-0.2, 0) is 6.54 Å². The second kappa shape index (κ2) is 9.77. The molecular formula is C26H30N6O2S. The fourth-order valence-corrected chi connectivity index (χ4v) is 5.41. The van der Waals surface area contributed by atoms with Gasteiger partial charge in [0.2, 0.25) is 0 Å². The molecule has 2 N–H and O–H groups in total. The number of fused-ring (bicyclic) bond motifs is 1. The second-order valence-corrected chi connectivity index (χ2v) is 10.1. The van der Waals surface area contributed by atoms with E-state index in [1.807, 2.05) is 42.0 Å². The quantitative estimate of drug-likeness (QED) is 0.424. The van der Waals surface area contributed by atoms with E-state index in [4.69, 9.17) is 10.5 Å². The summed E-state index contributed by atoms with van der Waals surface area (Å²) in [5.41, 5.74) is 10.7. The molecule has 1 fully saturated rings. The van der Waals surface area contributed by atoms with Gasteiger partial charge in [-0.2, -0.15) is 0 Å². The van der Waals surface area contributed by atoms with E-state index in [0.717, 1.165) is 65.6 Å². The van der Waals surface area contributed by atoms with Gasteiger partial charge in [-0.05, 0) is 38.1 Å². The number of rotatable bonds is 7. The van der Waals surface area contributed by atoms with Crippen LogP contribution in [0.25, 0.3) is 16.0 Å². The molecule has 3 aromatic heterocycles. The fraction of sp³-hybridized carbons (Fsp3) is 0.346. The molecule has 35 heavy (non-hydrogen) atoms. The summed E-state index contributed by atoms with van der Waals surface area (Å²) < 4.78 is 8.23. The zero-order valence-electron chi connectivity index (χ0n) is 20.3. The number of imidazole rings is 1. The van der Waals surface area contributed by atoms with E-state index in [0.29, 0.717) is 10.6 Å². The predicted molar refractivity (Wildman–Crippen MR) is 138 cm³/mol. The van der Waals surface area contributed by atoms with Gasteiger partial charge in [0.25, 0.3) is 5.91 Å². The Morgan fingerprint density at radius 3 is 2.69 bits per heavy atom. The lowest BCUT2D eigenvalue weighted by Gasteiger charge is -2.32. The molecule has 0 spiro atoms. The number of benzene rings is 1. The van der Waals surface area contributed by atoms with Crippen LogP contribution in [0.2, 0.25) is 0 Å². The zero-order chi connectivity index (χ0) is 24.5. The molecule has 5 rings (SSSR count). The number of thiophene rings is 1. The Bertz CT molecular complexity index is 1360. The lowest BCUT2D eigenvalue weighted by atomic mass is 10.0. The monoisotopic (exact) mass is 490 g/mol. The largest absolute Gasteiger partial charge is 0.484 e. The van der Waals surface area contributed by atoms with E-state index in [1.165, 1.54) is 11.3 Å². The van der Waals surface area contributed by atoms with Crippen molar-refractivity contribution in [2.45, 2.75) is 26.5 Å². The summed E-state index contributed by atoms with van der Waals surface area (Å²) in [7, 11) is 2.15. The number of piperazine rings is 1. The van der Waals surface area contributed by atoms with Gasteiger partial charge in [-0.25, -0.2) is 4.98 Å². The van der Waals surface area contributed by atoms with Crippen LogP contribution in [0, 0.1) is 6.92 Å². The van der Waals surface area contributed by atoms with Crippen molar-refractivity contribution in [2.75, 3.05) is 33.2 Å². The highest BCUT2D eigenvalue weighted by Gasteiger charge is 2.21. The first-order chi connectivity index (χ1) is 16.9. The van der Waals surface area contributed by atoms with Crippen LogP contribution in [0.1, 0.15) is 39.5 Å². The molecule has 1 aliphatic rings. The molecular weight excluding hydrogens is 460 g/mol. The molecule has 1 aromatic carbocycles. The molecule has 1 amide bonds. The maximum absolute atomic E-state index is 12.3. The number of primary amides is 1. The van der Waals surface area contributed by atoms with E-state index in [-0.39, 0.29) is 6.10 Å². The summed E-state index contributed by atoms with van der Waals surface area (Å²) in [5, 5.41) is 0.824. The van der Waals surface area contributed by atoms with E-state index < -0.39 is 5.91 Å². The molecule has 182 valence electrons. The van der Waals surface area contributed by atoms with Crippen molar-refractivity contribution in [3.8, 4) is 10.8 Å². The van der Waals surface area contributed by atoms with Gasteiger partial charge in [0.15, 0.2) is 0 Å². The topological polar surface area (TPSA) is 89.5 Å². The Balaban J connectivity index is 1.44. The summed E-state index contributed by atoms with van der Waals surface area (Å²) >= 11 is 1.31. The zero-order valence-corrected chi connectivity index (χ0v) is 21.1. The maximum atomic E-state index is 12.3. The summed E-state index contributed by atoms with van der Waals surface area (Å²) in [6.07, 6.45) is 3.35. The summed E-state index contributed by atoms with van der Waals surface area (Å²) in [5.74, 6) is -0.0168. The van der Waals surface area contributed by atoms with Crippen LogP contribution < -0.4 is 10.5 Å². The SMILES string of the molecule is Cc1ccccc1C(C)Oc1cc(-n2cnc3cnc(CN4CCN(C)CC4)cc32)sc1C(N)=O. The van der Waals surface area contributed by atoms with Crippen molar-refractivity contribution in [3.05, 3.63) is 70.6 Å². The lowest BCUT2D eigenvalue weighted by molar-refractivity contribution is 0.0998. The third kappa shape index (κ3) is 4.93. The van der Waals surface area contributed by atoms with Crippen LogP contribution in [0.3, 0.4) is 0 Å². The van der Waals surface area contributed by atoms with Gasteiger partial charge in [0.05, 0.1) is 17.4 Å². The fourth-order valence-electron chi connectivity index (χ4n) is 4.49. The molecule has 0 bridgehead atoms. The van der Waals surface area contributed by atoms with Crippen molar-refractivity contribution < 1.29 is 9.53 Å². The Morgan fingerprint density at radius 1 is 1.17 bits per heavy atom. The molecule has 1 unspecified atom stereocenters. The number of nitrogens with two attached hydrogens (primary N) is 1. The van der Waals surface area contributed by atoms with Crippen molar-refractivity contribution in [3.63, 3.8) is 0 Å². The van der Waals surface area contributed by atoms with Crippen molar-refractivity contribution >= 4 is 28.3 Å². The Hall–Kier alpha value is -3.27. The Labute approximate surface area is 209 Å². The molecule has 0 saturated carbocycles. The number of nitrogens with zero attached hydrogens (tertiary/aromatic N) is 5. The highest BCUT2D eigenvalue weighted by atomic mass is 32.1. The molecule has 4 aromatic rings. The number of aryl methyl sites for hydroxylation is 1. The minimum Gasteiger partial charge on any atom is -0.484 e. The lowest BCUT2D eigenvalue weighted by Crippen LogP contribution is -2.44. The average molecular weight is 491 g/mol. The number of ether oxygens (including phenoxy) is 1. The van der Waals surface area contributed by atoms with Gasteiger partial charge in [0, 0.05) is 38.8 Å². The van der Waals surface area contributed by atoms with Crippen molar-refractivity contribution in [2.24, 2.45) is 5.73 Å². The first kappa shape index (κ1) is 23.5. The Morgan fingerprint density at radius 2 is 1.94 bits per heavy atom. The number of carbonyl (C=O) groups excluding carboxylic acids is 1. The molecule has 4 heterocycles. The van der Waals surface area contributed by atoms with Crippen molar-refractivity contribution in [1.29, 1.82) is 0 Å². The number of hydrogen-bond acceptors (Lipinski definition) is 7. The highest BCUT2D eigenvalue weighted by molar-refractivity contribution is 7.16. The first-order valence-corrected chi connectivity index (χ1v) is 12.6. The normalized spacial score (nSPS) is 16.0. The van der Waals surface area contributed by atoms with Gasteiger partial charge < -0.3 is 15.4 Å². The minimum atomic E-state index is -0.505. The van der Waals surface area contributed by atoms with Crippen LogP contribution >= 0.6 is 11.3 Å². The molecule has 8 nitrogen and oxygen atoms in total. The number of pyridine rings is 1. The van der Waals surface area contributed by atoms with Gasteiger partial charge in [-0.3, -0.25) is 19.2 Å². The third-order valence-electron chi connectivity index (χ3n) is 6.55. The average Bonchev–Trinajstić information content (AvgIpc) is 3.44. The minimum absolute atomic E-state index is 0.226. The third-order valence-corrected chi connectivity index (χ3v) is 7.68. The van der Waals surface area contributed by atoms with E-state index in [1.54, 1.807) is 6.33 Å². The number of hydrogen-bond donors (Lipinski definition) is 1. The predicted octanol–water partition coefficient (Wildman–Crippen LogP) is 3.78. The van der Waals surface area contributed by atoms with Gasteiger partial charge in [-0.15, -0.1) is 11.3 Å². The van der Waals surface area contributed by atoms with Gasteiger partial charge >= 0.3 is 0 Å². The molecule has 1 saturated heterocycles. The first-order valence-electron chi connectivity index (χ1n) is 11.8. The second-order valence-electron chi connectivity index (χ2n) is 9.12. The van der Waals surface area contributed by atoms with E-state index in [9.17, 15) is 4.79 Å². The molecule has 9 heteroatoms. The standard InChI is InChI=1S/C26H30N6O2S/c1-17-6-4-5-7-20(17)18(2)34-23-13-24(35-25(23)26(27)33)32-16-29-21-14-28-19(12-22(21)32)15-31-10-8-30(3)9-11-31/h4-7,12-14,16,18H,8-11,15H2,1-3H3,(H2,27,33). The molecule has 0 aliphatic carbocycles. The molecule has 1 atom stereocenters. The van der Waals surface area contributed by atoms with E-state index >= 15 is 0 Å². The molecule has 1 aliphatic heterocycles. The summed E-state index contributed by atoms with van der Waals surface area (Å²) in [4.78, 5) is 26.6. The van der Waals surface area contributed by atoms with Crippen molar-refractivity contribution in [1.82, 2.24) is 24.3 Å². The summed E-state index contributed by atoms with van der Waals surface area (Å²) in [6.45, 7) is 9.02. The van der Waals surface area contributed by atoms with Crippen LogP contribution in [0.4, 0.5) is 0 Å². The van der Waals surface area contributed by atoms with Crippen LogP contribution in [0.15, 0.2) is 48.9 Å². The smallest absolute Gasteiger partial charge is 0.262 e. The van der Waals surface area contributed by atoms with E-state index in [2.05, 4.69) is 45.9 Å². The highest BCUT2D eigenvalue weighted by Crippen LogP contribution is 2.36. The number of amides is 1. The number of carbonyl (C=O) groups is 1. The number of aromatic nitrogens is 3. The summed E-state index contributed by atoms with van der Waals surface area (Å²) in [6, 6.07) is 12.0. The van der Waals surface area contributed by atoms with Crippen LogP contribution in [-0.4, -0.2) is 63.5 Å². The molecule has 0 radical (unpaired) electrons. The Kier molecular flexibility index (Phi) is 6.55.